The first-order valence-corrected chi connectivity index (χ1v) is 12.1. The second-order valence-electron chi connectivity index (χ2n) is 10.4. The van der Waals surface area contributed by atoms with Crippen LogP contribution in [0.25, 0.3) is 0 Å². The topological polar surface area (TPSA) is 37.3 Å². The van der Waals surface area contributed by atoms with Crippen molar-refractivity contribution in [1.29, 1.82) is 0 Å². The number of aromatic carboxylic acids is 1. The summed E-state index contributed by atoms with van der Waals surface area (Å²) in [5.74, 6) is 4.28. The third-order valence-corrected chi connectivity index (χ3v) is 9.23. The highest BCUT2D eigenvalue weighted by molar-refractivity contribution is 5.89. The van der Waals surface area contributed by atoms with Gasteiger partial charge in [0.25, 0.3) is 0 Å². The molecule has 30 heavy (non-hydrogen) atoms. The zero-order valence-electron chi connectivity index (χ0n) is 17.7. The Hall–Kier alpha value is -2.09. The molecule has 0 radical (unpaired) electrons. The van der Waals surface area contributed by atoms with Gasteiger partial charge < -0.3 is 5.11 Å². The third-order valence-electron chi connectivity index (χ3n) is 9.23. The van der Waals surface area contributed by atoms with E-state index in [1.54, 1.807) is 17.2 Å². The Balaban J connectivity index is 1.25. The molecule has 3 saturated carbocycles. The van der Waals surface area contributed by atoms with Crippen LogP contribution in [0.5, 0.6) is 0 Å². The van der Waals surface area contributed by atoms with E-state index in [1.165, 1.54) is 38.5 Å². The molecular weight excluding hydrogens is 368 g/mol. The Kier molecular flexibility index (Phi) is 4.51. The van der Waals surface area contributed by atoms with Gasteiger partial charge in [0.2, 0.25) is 0 Å². The zero-order valence-corrected chi connectivity index (χ0v) is 17.7. The van der Waals surface area contributed by atoms with Crippen molar-refractivity contribution >= 4 is 5.97 Å². The molecule has 5 aliphatic carbocycles. The first kappa shape index (κ1) is 18.7. The van der Waals surface area contributed by atoms with Crippen molar-refractivity contribution < 1.29 is 9.90 Å². The molecule has 6 rings (SSSR count). The highest BCUT2D eigenvalue weighted by Crippen LogP contribution is 2.57. The number of fused-ring (bicyclic) bond motifs is 7. The quantitative estimate of drug-likeness (QED) is 0.557. The molecule has 7 atom stereocenters. The fourth-order valence-electron chi connectivity index (χ4n) is 7.94. The Labute approximate surface area is 179 Å². The lowest BCUT2D eigenvalue weighted by Crippen LogP contribution is -2.39. The van der Waals surface area contributed by atoms with Crippen molar-refractivity contribution in [3.63, 3.8) is 0 Å². The van der Waals surface area contributed by atoms with Crippen LogP contribution in [0.1, 0.15) is 73.2 Å². The van der Waals surface area contributed by atoms with Gasteiger partial charge in [-0.15, -0.1) is 0 Å². The lowest BCUT2D eigenvalue weighted by Gasteiger charge is -2.50. The third kappa shape index (κ3) is 2.87. The molecule has 0 bridgehead atoms. The van der Waals surface area contributed by atoms with E-state index in [4.69, 9.17) is 0 Å². The summed E-state index contributed by atoms with van der Waals surface area (Å²) in [6.07, 6.45) is 20.2. The molecule has 0 aliphatic heterocycles. The second-order valence-corrected chi connectivity index (χ2v) is 10.4. The number of rotatable bonds is 2. The van der Waals surface area contributed by atoms with Crippen LogP contribution < -0.4 is 0 Å². The standard InChI is InChI=1S/C28H32O2/c29-28(30)27-6-2-1-5-21(27)18-9-11-22-19(16-18)10-13-26-24(22)15-14-23-20-7-3-4-17(20)8-12-25(23)26/h1-6,14-15,17-20,22,25-26H,7-13,16H2,(H,29,30). The van der Waals surface area contributed by atoms with Crippen LogP contribution in [0.2, 0.25) is 0 Å². The van der Waals surface area contributed by atoms with Gasteiger partial charge in [0, 0.05) is 0 Å². The van der Waals surface area contributed by atoms with E-state index in [1.807, 2.05) is 12.1 Å². The summed E-state index contributed by atoms with van der Waals surface area (Å²) in [4.78, 5) is 11.7. The van der Waals surface area contributed by atoms with Crippen molar-refractivity contribution in [3.05, 3.63) is 70.8 Å². The second kappa shape index (κ2) is 7.25. The number of carboxylic acids is 1. The Morgan fingerprint density at radius 3 is 2.40 bits per heavy atom. The van der Waals surface area contributed by atoms with Crippen molar-refractivity contribution in [2.45, 2.75) is 57.3 Å². The van der Waals surface area contributed by atoms with Crippen LogP contribution >= 0.6 is 0 Å². The Bertz CT molecular complexity index is 951. The van der Waals surface area contributed by atoms with Crippen molar-refractivity contribution in [2.24, 2.45) is 35.5 Å². The highest BCUT2D eigenvalue weighted by atomic mass is 16.4. The maximum absolute atomic E-state index is 11.7. The molecule has 0 heterocycles. The zero-order chi connectivity index (χ0) is 20.2. The minimum atomic E-state index is -0.777. The summed E-state index contributed by atoms with van der Waals surface area (Å²) in [5.41, 5.74) is 5.11. The summed E-state index contributed by atoms with van der Waals surface area (Å²) < 4.78 is 0. The predicted molar refractivity (Wildman–Crippen MR) is 119 cm³/mol. The van der Waals surface area contributed by atoms with E-state index >= 15 is 0 Å². The Morgan fingerprint density at radius 1 is 0.833 bits per heavy atom. The van der Waals surface area contributed by atoms with Crippen molar-refractivity contribution in [2.75, 3.05) is 0 Å². The number of benzene rings is 1. The molecule has 1 aromatic rings. The van der Waals surface area contributed by atoms with Gasteiger partial charge >= 0.3 is 5.97 Å². The molecule has 156 valence electrons. The molecule has 0 spiro atoms. The van der Waals surface area contributed by atoms with Gasteiger partial charge in [0.05, 0.1) is 5.56 Å². The smallest absolute Gasteiger partial charge is 0.335 e. The SMILES string of the molecule is O=C(O)c1ccccc1C1CCC2C3=CC=C4C5CC=CC5CCC4C3CCC2C1. The van der Waals surface area contributed by atoms with Crippen LogP contribution in [-0.4, -0.2) is 11.1 Å². The number of allylic oxidation sites excluding steroid dienone is 6. The van der Waals surface area contributed by atoms with Gasteiger partial charge in [-0.1, -0.05) is 53.6 Å². The molecule has 1 aromatic carbocycles. The maximum atomic E-state index is 11.7. The number of hydrogen-bond acceptors (Lipinski definition) is 1. The van der Waals surface area contributed by atoms with Gasteiger partial charge in [0.15, 0.2) is 0 Å². The first-order valence-electron chi connectivity index (χ1n) is 12.1. The van der Waals surface area contributed by atoms with Crippen LogP contribution in [0, 0.1) is 35.5 Å². The molecule has 3 fully saturated rings. The lowest BCUT2D eigenvalue weighted by molar-refractivity contribution is 0.0693. The maximum Gasteiger partial charge on any atom is 0.335 e. The van der Waals surface area contributed by atoms with Gasteiger partial charge in [-0.3, -0.25) is 0 Å². The van der Waals surface area contributed by atoms with Crippen LogP contribution in [-0.2, 0) is 0 Å². The van der Waals surface area contributed by atoms with Crippen molar-refractivity contribution in [3.8, 4) is 0 Å². The predicted octanol–water partition coefficient (Wildman–Crippen LogP) is 6.76. The summed E-state index contributed by atoms with van der Waals surface area (Å²) in [6, 6.07) is 7.71. The monoisotopic (exact) mass is 400 g/mol. The highest BCUT2D eigenvalue weighted by Gasteiger charge is 2.46. The summed E-state index contributed by atoms with van der Waals surface area (Å²) >= 11 is 0. The molecule has 0 amide bonds. The lowest BCUT2D eigenvalue weighted by atomic mass is 9.54. The van der Waals surface area contributed by atoms with Gasteiger partial charge in [-0.05, 0) is 104 Å². The van der Waals surface area contributed by atoms with Crippen LogP contribution in [0.15, 0.2) is 59.7 Å². The molecule has 7 unspecified atom stereocenters. The van der Waals surface area contributed by atoms with Crippen LogP contribution in [0.3, 0.4) is 0 Å². The van der Waals surface area contributed by atoms with E-state index < -0.39 is 5.97 Å². The normalized spacial score (nSPS) is 39.1. The van der Waals surface area contributed by atoms with Gasteiger partial charge in [0.1, 0.15) is 0 Å². The average molecular weight is 401 g/mol. The molecule has 2 nitrogen and oxygen atoms in total. The number of hydrogen-bond donors (Lipinski definition) is 1. The van der Waals surface area contributed by atoms with Crippen molar-refractivity contribution in [1.82, 2.24) is 0 Å². The average Bonchev–Trinajstić information content (AvgIpc) is 3.27. The number of carboxylic acid groups (broad SMARTS) is 1. The van der Waals surface area contributed by atoms with E-state index in [0.29, 0.717) is 11.5 Å². The number of carbonyl (C=O) groups is 1. The summed E-state index contributed by atoms with van der Waals surface area (Å²) in [7, 11) is 0. The fourth-order valence-corrected chi connectivity index (χ4v) is 7.94. The van der Waals surface area contributed by atoms with Gasteiger partial charge in [-0.2, -0.15) is 0 Å². The molecular formula is C28H32O2. The first-order chi connectivity index (χ1) is 14.7. The summed E-state index contributed by atoms with van der Waals surface area (Å²) in [6.45, 7) is 0. The van der Waals surface area contributed by atoms with Crippen LogP contribution in [0.4, 0.5) is 0 Å². The van der Waals surface area contributed by atoms with E-state index in [2.05, 4.69) is 30.4 Å². The van der Waals surface area contributed by atoms with E-state index in [-0.39, 0.29) is 0 Å². The Morgan fingerprint density at radius 2 is 1.57 bits per heavy atom. The molecule has 1 N–H and O–H groups in total. The largest absolute Gasteiger partial charge is 0.478 e. The fraction of sp³-hybridized carbons (Fsp3) is 0.536. The molecule has 0 saturated heterocycles. The molecule has 0 aromatic heterocycles. The molecule has 2 heteroatoms. The minimum absolute atomic E-state index is 0.408. The van der Waals surface area contributed by atoms with E-state index in [9.17, 15) is 9.90 Å². The summed E-state index contributed by atoms with van der Waals surface area (Å²) in [5, 5.41) is 9.64. The van der Waals surface area contributed by atoms with Gasteiger partial charge in [-0.25, -0.2) is 4.79 Å². The minimum Gasteiger partial charge on any atom is -0.478 e. The molecule has 5 aliphatic rings. The van der Waals surface area contributed by atoms with E-state index in [0.717, 1.165) is 53.9 Å².